The normalized spacial score (nSPS) is 15.7. The standard InChI is InChI=1S/C57H43N/c1-56(2)50-27-12-10-25-49(50)55-48(26-16-29-52(55)56)47-24-11-14-30-54(47)58(43-22-15-19-40(36-43)41-32-31-38-17-7-8-18-39(38)35-41)44-33-34-46-45-23-9-13-28-51(45)57(3,53(46)37-44)42-20-5-4-6-21-42/h4-37H,1-3H3. The maximum Gasteiger partial charge on any atom is 0.0540 e. The van der Waals surface area contributed by atoms with Gasteiger partial charge in [-0.05, 0) is 121 Å². The summed E-state index contributed by atoms with van der Waals surface area (Å²) in [7, 11) is 0. The lowest BCUT2D eigenvalue weighted by atomic mass is 9.74. The first-order valence-corrected chi connectivity index (χ1v) is 20.4. The molecule has 9 aromatic rings. The summed E-state index contributed by atoms with van der Waals surface area (Å²) in [6, 6.07) is 76.6. The molecule has 11 rings (SSSR count). The third-order valence-corrected chi connectivity index (χ3v) is 13.1. The zero-order valence-electron chi connectivity index (χ0n) is 33.1. The van der Waals surface area contributed by atoms with Gasteiger partial charge in [-0.15, -0.1) is 0 Å². The van der Waals surface area contributed by atoms with E-state index >= 15 is 0 Å². The third kappa shape index (κ3) is 5.10. The fraction of sp³-hybridized carbons (Fsp3) is 0.0877. The molecule has 1 nitrogen and oxygen atoms in total. The van der Waals surface area contributed by atoms with E-state index in [9.17, 15) is 0 Å². The highest BCUT2D eigenvalue weighted by atomic mass is 15.1. The van der Waals surface area contributed by atoms with Crippen molar-refractivity contribution in [3.63, 3.8) is 0 Å². The lowest BCUT2D eigenvalue weighted by Crippen LogP contribution is -2.23. The van der Waals surface area contributed by atoms with Crippen LogP contribution in [0.25, 0.3) is 55.3 Å². The van der Waals surface area contributed by atoms with Crippen molar-refractivity contribution in [1.29, 1.82) is 0 Å². The predicted octanol–water partition coefficient (Wildman–Crippen LogP) is 15.3. The van der Waals surface area contributed by atoms with Gasteiger partial charge in [-0.2, -0.15) is 0 Å². The van der Waals surface area contributed by atoms with Gasteiger partial charge in [0.1, 0.15) is 0 Å². The quantitative estimate of drug-likeness (QED) is 0.164. The average Bonchev–Trinajstić information content (AvgIpc) is 3.68. The van der Waals surface area contributed by atoms with Crippen molar-refractivity contribution in [3.8, 4) is 44.5 Å². The lowest BCUT2D eigenvalue weighted by molar-refractivity contribution is 0.660. The van der Waals surface area contributed by atoms with Crippen molar-refractivity contribution in [2.75, 3.05) is 4.90 Å². The summed E-state index contributed by atoms with van der Waals surface area (Å²) in [6.45, 7) is 7.14. The first-order chi connectivity index (χ1) is 28.4. The Balaban J connectivity index is 1.16. The Labute approximate surface area is 341 Å². The molecule has 2 aliphatic carbocycles. The molecule has 0 radical (unpaired) electrons. The van der Waals surface area contributed by atoms with Gasteiger partial charge in [0.2, 0.25) is 0 Å². The predicted molar refractivity (Wildman–Crippen MR) is 245 cm³/mol. The van der Waals surface area contributed by atoms with E-state index in [2.05, 4.69) is 232 Å². The van der Waals surface area contributed by atoms with E-state index in [1.165, 1.54) is 83.1 Å². The van der Waals surface area contributed by atoms with Crippen LogP contribution in [0.4, 0.5) is 17.1 Å². The molecule has 0 aromatic heterocycles. The topological polar surface area (TPSA) is 3.24 Å². The summed E-state index contributed by atoms with van der Waals surface area (Å²) in [5.41, 5.74) is 19.8. The van der Waals surface area contributed by atoms with Crippen LogP contribution in [-0.2, 0) is 10.8 Å². The van der Waals surface area contributed by atoms with Crippen molar-refractivity contribution in [2.45, 2.75) is 31.6 Å². The largest absolute Gasteiger partial charge is 0.310 e. The number of para-hydroxylation sites is 1. The Morgan fingerprint density at radius 1 is 0.345 bits per heavy atom. The molecule has 0 N–H and O–H groups in total. The Hall–Kier alpha value is -6.96. The van der Waals surface area contributed by atoms with Gasteiger partial charge < -0.3 is 4.90 Å². The molecular weight excluding hydrogens is 699 g/mol. The van der Waals surface area contributed by atoms with Gasteiger partial charge in [0.25, 0.3) is 0 Å². The molecule has 276 valence electrons. The van der Waals surface area contributed by atoms with E-state index < -0.39 is 0 Å². The highest BCUT2D eigenvalue weighted by Gasteiger charge is 2.41. The molecule has 0 bridgehead atoms. The SMILES string of the molecule is CC1(C)c2ccccc2-c2c(-c3ccccc3N(c3cccc(-c4ccc5ccccc5c4)c3)c3ccc4c(c3)C(C)(c3ccccc3)c3ccccc3-4)cccc21. The first kappa shape index (κ1) is 34.3. The maximum atomic E-state index is 2.50. The summed E-state index contributed by atoms with van der Waals surface area (Å²) in [6.07, 6.45) is 0. The van der Waals surface area contributed by atoms with Crippen LogP contribution in [0.1, 0.15) is 48.6 Å². The molecule has 1 atom stereocenters. The molecule has 0 heterocycles. The van der Waals surface area contributed by atoms with Gasteiger partial charge in [0, 0.05) is 27.8 Å². The van der Waals surface area contributed by atoms with Crippen LogP contribution in [0.15, 0.2) is 206 Å². The summed E-state index contributed by atoms with van der Waals surface area (Å²) >= 11 is 0. The van der Waals surface area contributed by atoms with Crippen LogP contribution in [0, 0.1) is 0 Å². The fourth-order valence-corrected chi connectivity index (χ4v) is 10.2. The molecule has 0 saturated heterocycles. The van der Waals surface area contributed by atoms with Crippen molar-refractivity contribution in [2.24, 2.45) is 0 Å². The van der Waals surface area contributed by atoms with Gasteiger partial charge in [-0.1, -0.05) is 184 Å². The van der Waals surface area contributed by atoms with E-state index in [4.69, 9.17) is 0 Å². The van der Waals surface area contributed by atoms with Crippen LogP contribution < -0.4 is 4.90 Å². The van der Waals surface area contributed by atoms with E-state index in [1.54, 1.807) is 0 Å². The molecule has 58 heavy (non-hydrogen) atoms. The van der Waals surface area contributed by atoms with Gasteiger partial charge in [0.05, 0.1) is 5.69 Å². The Morgan fingerprint density at radius 3 is 1.79 bits per heavy atom. The number of benzene rings is 9. The van der Waals surface area contributed by atoms with Crippen LogP contribution in [0.3, 0.4) is 0 Å². The van der Waals surface area contributed by atoms with E-state index in [1.807, 2.05) is 0 Å². The van der Waals surface area contributed by atoms with E-state index in [0.717, 1.165) is 17.1 Å². The number of hydrogen-bond acceptors (Lipinski definition) is 1. The Bertz CT molecular complexity index is 3060. The summed E-state index contributed by atoms with van der Waals surface area (Å²) in [5.74, 6) is 0. The Kier molecular flexibility index (Phi) is 7.72. The minimum Gasteiger partial charge on any atom is -0.310 e. The number of anilines is 3. The highest BCUT2D eigenvalue weighted by molar-refractivity contribution is 5.99. The van der Waals surface area contributed by atoms with Crippen molar-refractivity contribution in [1.82, 2.24) is 0 Å². The monoisotopic (exact) mass is 741 g/mol. The van der Waals surface area contributed by atoms with Crippen LogP contribution in [0.5, 0.6) is 0 Å². The molecule has 1 heteroatoms. The molecule has 0 saturated carbocycles. The van der Waals surface area contributed by atoms with Crippen LogP contribution in [-0.4, -0.2) is 0 Å². The molecular formula is C57H43N. The van der Waals surface area contributed by atoms with E-state index in [0.29, 0.717) is 0 Å². The summed E-state index contributed by atoms with van der Waals surface area (Å²) < 4.78 is 0. The zero-order valence-corrected chi connectivity index (χ0v) is 33.1. The summed E-state index contributed by atoms with van der Waals surface area (Å²) in [5, 5.41) is 2.49. The van der Waals surface area contributed by atoms with Crippen molar-refractivity contribution < 1.29 is 0 Å². The molecule has 0 amide bonds. The second-order valence-corrected chi connectivity index (χ2v) is 16.6. The molecule has 9 aromatic carbocycles. The highest BCUT2D eigenvalue weighted by Crippen LogP contribution is 2.56. The van der Waals surface area contributed by atoms with Crippen LogP contribution >= 0.6 is 0 Å². The maximum absolute atomic E-state index is 2.50. The first-order valence-electron chi connectivity index (χ1n) is 20.4. The smallest absolute Gasteiger partial charge is 0.0540 e. The minimum absolute atomic E-state index is 0.0956. The third-order valence-electron chi connectivity index (χ3n) is 13.1. The van der Waals surface area contributed by atoms with Crippen molar-refractivity contribution >= 4 is 27.8 Å². The molecule has 0 spiro atoms. The van der Waals surface area contributed by atoms with Gasteiger partial charge in [-0.3, -0.25) is 0 Å². The number of fused-ring (bicyclic) bond motifs is 7. The second kappa shape index (κ2) is 13.0. The van der Waals surface area contributed by atoms with Crippen LogP contribution in [0.2, 0.25) is 0 Å². The summed E-state index contributed by atoms with van der Waals surface area (Å²) in [4.78, 5) is 2.50. The van der Waals surface area contributed by atoms with Gasteiger partial charge in [0.15, 0.2) is 0 Å². The van der Waals surface area contributed by atoms with E-state index in [-0.39, 0.29) is 10.8 Å². The molecule has 1 unspecified atom stereocenters. The Morgan fingerprint density at radius 2 is 0.948 bits per heavy atom. The number of rotatable bonds is 6. The number of nitrogens with zero attached hydrogens (tertiary/aromatic N) is 1. The molecule has 0 aliphatic heterocycles. The molecule has 0 fully saturated rings. The fourth-order valence-electron chi connectivity index (χ4n) is 10.2. The van der Waals surface area contributed by atoms with Crippen molar-refractivity contribution in [3.05, 3.63) is 234 Å². The zero-order chi connectivity index (χ0) is 39.0. The van der Waals surface area contributed by atoms with Gasteiger partial charge >= 0.3 is 0 Å². The second-order valence-electron chi connectivity index (χ2n) is 16.6. The number of hydrogen-bond donors (Lipinski definition) is 0. The van der Waals surface area contributed by atoms with Gasteiger partial charge in [-0.25, -0.2) is 0 Å². The lowest BCUT2D eigenvalue weighted by Gasteiger charge is -2.32. The average molecular weight is 742 g/mol. The molecule has 2 aliphatic rings. The minimum atomic E-state index is -0.323.